The van der Waals surface area contributed by atoms with E-state index in [-0.39, 0.29) is 23.9 Å². The molecule has 0 aliphatic heterocycles. The van der Waals surface area contributed by atoms with Crippen LogP contribution in [-0.2, 0) is 0 Å². The Morgan fingerprint density at radius 1 is 0.519 bits per heavy atom. The van der Waals surface area contributed by atoms with E-state index in [9.17, 15) is 10.2 Å². The molecule has 1 aromatic heterocycles. The van der Waals surface area contributed by atoms with Crippen LogP contribution in [0.3, 0.4) is 0 Å². The second kappa shape index (κ2) is 6.45. The minimum atomic E-state index is 0. The van der Waals surface area contributed by atoms with E-state index in [4.69, 9.17) is 0 Å². The normalized spacial score (nSPS) is 11.0. The second-order valence-electron chi connectivity index (χ2n) is 6.43. The number of fused-ring (bicyclic) bond motifs is 3. The van der Waals surface area contributed by atoms with Crippen LogP contribution in [-0.4, -0.2) is 10.2 Å². The van der Waals surface area contributed by atoms with Crippen molar-refractivity contribution in [3.63, 3.8) is 0 Å². The Labute approximate surface area is 161 Å². The molecule has 0 amide bonds. The first kappa shape index (κ1) is 17.1. The van der Waals surface area contributed by atoms with Crippen molar-refractivity contribution in [3.8, 4) is 22.6 Å². The number of hydrogen-bond donors (Lipinski definition) is 2. The van der Waals surface area contributed by atoms with Crippen LogP contribution in [0.25, 0.3) is 43.7 Å². The number of para-hydroxylation sites is 2. The molecule has 5 rings (SSSR count). The number of hydrogen-bond acceptors (Lipinski definition) is 2. The van der Waals surface area contributed by atoms with E-state index in [2.05, 4.69) is 17.1 Å². The highest BCUT2D eigenvalue weighted by Gasteiger charge is 2.20. The molecular weight excluding hydrogens is 358 g/mol. The predicted octanol–water partition coefficient (Wildman–Crippen LogP) is 2.04. The van der Waals surface area contributed by atoms with E-state index < -0.39 is 0 Å². The number of aromatic amines is 1. The molecule has 0 saturated carbocycles. The number of nitrogens with one attached hydrogen (secondary N) is 1. The van der Waals surface area contributed by atoms with Crippen LogP contribution >= 0.6 is 0 Å². The standard InChI is InChI=1S/C23H15NO2.ClH/c25-20-13-21(26)23(15-8-2-1-7-14(15)20)22-16-9-3-5-11-18(16)24-19-12-6-4-10-17(19)22;/h1-13,25-26H;1H. The predicted molar refractivity (Wildman–Crippen MR) is 104 cm³/mol. The van der Waals surface area contributed by atoms with Crippen molar-refractivity contribution in [2.75, 3.05) is 0 Å². The van der Waals surface area contributed by atoms with E-state index >= 15 is 0 Å². The molecule has 27 heavy (non-hydrogen) atoms. The maximum Gasteiger partial charge on any atom is 0.211 e. The van der Waals surface area contributed by atoms with E-state index in [0.717, 1.165) is 43.7 Å². The third-order valence-electron chi connectivity index (χ3n) is 4.91. The number of H-pyrrole nitrogens is 1. The van der Waals surface area contributed by atoms with E-state index in [0.29, 0.717) is 0 Å². The molecule has 0 saturated heterocycles. The fraction of sp³-hybridized carbons (Fsp3) is 0. The van der Waals surface area contributed by atoms with Crippen LogP contribution in [0.4, 0.5) is 0 Å². The fourth-order valence-electron chi connectivity index (χ4n) is 3.78. The number of rotatable bonds is 1. The van der Waals surface area contributed by atoms with Crippen molar-refractivity contribution in [2.45, 2.75) is 0 Å². The molecule has 1 heterocycles. The summed E-state index contributed by atoms with van der Waals surface area (Å²) in [6, 6.07) is 25.2. The van der Waals surface area contributed by atoms with Gasteiger partial charge in [-0.25, -0.2) is 4.98 Å². The molecule has 0 atom stereocenters. The highest BCUT2D eigenvalue weighted by Crippen LogP contribution is 2.45. The number of aromatic nitrogens is 1. The van der Waals surface area contributed by atoms with Crippen molar-refractivity contribution in [2.24, 2.45) is 0 Å². The van der Waals surface area contributed by atoms with Gasteiger partial charge in [0.05, 0.1) is 10.8 Å². The Kier molecular flexibility index (Phi) is 4.09. The first-order valence-electron chi connectivity index (χ1n) is 8.51. The number of benzene rings is 4. The number of pyridine rings is 1. The van der Waals surface area contributed by atoms with Gasteiger partial charge < -0.3 is 22.6 Å². The number of phenolic OH excluding ortho intramolecular Hbond substituents is 2. The van der Waals surface area contributed by atoms with E-state index in [1.54, 1.807) is 0 Å². The molecule has 5 aromatic rings. The lowest BCUT2D eigenvalue weighted by Gasteiger charge is -2.14. The summed E-state index contributed by atoms with van der Waals surface area (Å²) in [5, 5.41) is 24.7. The molecule has 0 bridgehead atoms. The SMILES string of the molecule is Oc1cc(O)c2ccccc2c1-c1c2ccccc2[nH+]c2ccccc12.[Cl-]. The summed E-state index contributed by atoms with van der Waals surface area (Å²) in [5.41, 5.74) is 3.69. The Bertz CT molecular complexity index is 1260. The molecule has 0 radical (unpaired) electrons. The minimum absolute atomic E-state index is 0. The molecule has 3 N–H and O–H groups in total. The van der Waals surface area contributed by atoms with E-state index in [1.165, 1.54) is 6.07 Å². The second-order valence-corrected chi connectivity index (χ2v) is 6.43. The Morgan fingerprint density at radius 3 is 1.59 bits per heavy atom. The zero-order valence-corrected chi connectivity index (χ0v) is 15.0. The van der Waals surface area contributed by atoms with Crippen LogP contribution < -0.4 is 17.4 Å². The first-order chi connectivity index (χ1) is 12.7. The Morgan fingerprint density at radius 2 is 1.00 bits per heavy atom. The first-order valence-corrected chi connectivity index (χ1v) is 8.51. The minimum Gasteiger partial charge on any atom is -1.00 e. The van der Waals surface area contributed by atoms with Gasteiger partial charge >= 0.3 is 0 Å². The highest BCUT2D eigenvalue weighted by atomic mass is 35.5. The van der Waals surface area contributed by atoms with Crippen molar-refractivity contribution >= 4 is 32.6 Å². The summed E-state index contributed by atoms with van der Waals surface area (Å²) in [6.07, 6.45) is 0. The molecule has 0 fully saturated rings. The Hall–Kier alpha value is -3.30. The zero-order valence-electron chi connectivity index (χ0n) is 14.3. The maximum absolute atomic E-state index is 10.8. The monoisotopic (exact) mass is 373 g/mol. The third kappa shape index (κ3) is 2.56. The fourth-order valence-corrected chi connectivity index (χ4v) is 3.78. The van der Waals surface area contributed by atoms with Gasteiger partial charge in [-0.1, -0.05) is 48.5 Å². The molecule has 0 aliphatic rings. The summed E-state index contributed by atoms with van der Waals surface area (Å²) < 4.78 is 0. The van der Waals surface area contributed by atoms with Gasteiger partial charge in [-0.15, -0.1) is 0 Å². The highest BCUT2D eigenvalue weighted by molar-refractivity contribution is 6.15. The average Bonchev–Trinajstić information content (AvgIpc) is 2.67. The molecule has 3 nitrogen and oxygen atoms in total. The van der Waals surface area contributed by atoms with Crippen LogP contribution in [0, 0.1) is 0 Å². The lowest BCUT2D eigenvalue weighted by Crippen LogP contribution is -3.00. The molecule has 0 aliphatic carbocycles. The van der Waals surface area contributed by atoms with Crippen LogP contribution in [0.2, 0.25) is 0 Å². The summed E-state index contributed by atoms with van der Waals surface area (Å²) in [4.78, 5) is 3.47. The number of phenols is 2. The van der Waals surface area contributed by atoms with Crippen LogP contribution in [0.15, 0.2) is 78.9 Å². The van der Waals surface area contributed by atoms with Crippen LogP contribution in [0.5, 0.6) is 11.5 Å². The largest absolute Gasteiger partial charge is 1.00 e. The van der Waals surface area contributed by atoms with Crippen molar-refractivity contribution in [1.82, 2.24) is 0 Å². The van der Waals surface area contributed by atoms with Gasteiger partial charge in [0.15, 0.2) is 0 Å². The summed E-state index contributed by atoms with van der Waals surface area (Å²) in [6.45, 7) is 0. The van der Waals surface area contributed by atoms with Gasteiger partial charge in [-0.05, 0) is 17.5 Å². The topological polar surface area (TPSA) is 54.6 Å². The molecule has 132 valence electrons. The van der Waals surface area contributed by atoms with Gasteiger partial charge in [0, 0.05) is 34.7 Å². The lowest BCUT2D eigenvalue weighted by molar-refractivity contribution is -0.310. The molecule has 4 heteroatoms. The number of aromatic hydroxyl groups is 2. The van der Waals surface area contributed by atoms with Crippen molar-refractivity contribution in [1.29, 1.82) is 0 Å². The van der Waals surface area contributed by atoms with Gasteiger partial charge in [0.25, 0.3) is 0 Å². The average molecular weight is 374 g/mol. The molecule has 0 spiro atoms. The summed E-state index contributed by atoms with van der Waals surface area (Å²) >= 11 is 0. The Balaban J connectivity index is 0.00000180. The van der Waals surface area contributed by atoms with Gasteiger partial charge in [-0.2, -0.15) is 0 Å². The smallest absolute Gasteiger partial charge is 0.211 e. The molecule has 4 aromatic carbocycles. The van der Waals surface area contributed by atoms with Gasteiger partial charge in [0.2, 0.25) is 11.0 Å². The molecular formula is C23H16ClNO2. The quantitative estimate of drug-likeness (QED) is 0.442. The van der Waals surface area contributed by atoms with Crippen LogP contribution in [0.1, 0.15) is 0 Å². The van der Waals surface area contributed by atoms with Gasteiger partial charge in [0.1, 0.15) is 11.5 Å². The maximum atomic E-state index is 10.8. The third-order valence-corrected chi connectivity index (χ3v) is 4.91. The summed E-state index contributed by atoms with van der Waals surface area (Å²) in [5.74, 6) is 0.153. The summed E-state index contributed by atoms with van der Waals surface area (Å²) in [7, 11) is 0. The van der Waals surface area contributed by atoms with Gasteiger partial charge in [-0.3, -0.25) is 0 Å². The van der Waals surface area contributed by atoms with Crippen molar-refractivity contribution < 1.29 is 27.6 Å². The number of halogens is 1. The molecule has 0 unspecified atom stereocenters. The van der Waals surface area contributed by atoms with E-state index in [1.807, 2.05) is 60.7 Å². The van der Waals surface area contributed by atoms with Crippen molar-refractivity contribution in [3.05, 3.63) is 78.9 Å². The lowest BCUT2D eigenvalue weighted by atomic mass is 9.91. The zero-order chi connectivity index (χ0) is 17.7.